The van der Waals surface area contributed by atoms with Crippen LogP contribution in [0.25, 0.3) is 11.3 Å². The molecule has 1 aliphatic heterocycles. The van der Waals surface area contributed by atoms with Crippen LogP contribution in [0.15, 0.2) is 35.0 Å². The number of benzene rings is 1. The van der Waals surface area contributed by atoms with Crippen molar-refractivity contribution in [2.24, 2.45) is 0 Å². The predicted molar refractivity (Wildman–Crippen MR) is 126 cm³/mol. The van der Waals surface area contributed by atoms with E-state index < -0.39 is 0 Å². The van der Waals surface area contributed by atoms with Gasteiger partial charge in [0.2, 0.25) is 11.9 Å². The van der Waals surface area contributed by atoms with E-state index in [4.69, 9.17) is 14.2 Å². The lowest BCUT2D eigenvalue weighted by atomic mass is 9.94. The number of nitrogens with zero attached hydrogens (tertiary/aromatic N) is 5. The minimum Gasteiger partial charge on any atom is -0.496 e. The highest BCUT2D eigenvalue weighted by Crippen LogP contribution is 2.37. The standard InChI is InChI=1S/C25H31N5O3/c1-16-12-18(9-10-21(16)32-5)14-23(31)30-11-7-6-8-20(30)24-19(22-13-17(2)28-33-22)15-26-25(27-24)29(3)4/h9-10,12-13,15,20H,6-8,11,14H2,1-5H3/t20-/m0/s1. The molecule has 174 valence electrons. The summed E-state index contributed by atoms with van der Waals surface area (Å²) in [7, 11) is 5.48. The third-order valence-corrected chi connectivity index (χ3v) is 6.05. The average molecular weight is 450 g/mol. The lowest BCUT2D eigenvalue weighted by Crippen LogP contribution is -2.40. The maximum Gasteiger partial charge on any atom is 0.227 e. The summed E-state index contributed by atoms with van der Waals surface area (Å²) in [5.41, 5.74) is 4.38. The van der Waals surface area contributed by atoms with Gasteiger partial charge in [-0.15, -0.1) is 0 Å². The summed E-state index contributed by atoms with van der Waals surface area (Å²) in [6.45, 7) is 4.58. The summed E-state index contributed by atoms with van der Waals surface area (Å²) in [6, 6.07) is 7.64. The van der Waals surface area contributed by atoms with Crippen molar-refractivity contribution in [3.63, 3.8) is 0 Å². The van der Waals surface area contributed by atoms with Crippen molar-refractivity contribution in [3.8, 4) is 17.1 Å². The maximum absolute atomic E-state index is 13.5. The SMILES string of the molecule is COc1ccc(CC(=O)N2CCCC[C@H]2c2nc(N(C)C)ncc2-c2cc(C)no2)cc1C. The van der Waals surface area contributed by atoms with Gasteiger partial charge in [0.15, 0.2) is 5.76 Å². The van der Waals surface area contributed by atoms with Gasteiger partial charge in [-0.25, -0.2) is 9.97 Å². The van der Waals surface area contributed by atoms with E-state index in [0.29, 0.717) is 24.7 Å². The molecular formula is C25H31N5O3. The fourth-order valence-corrected chi connectivity index (χ4v) is 4.38. The number of methoxy groups -OCH3 is 1. The molecule has 1 aromatic carbocycles. The zero-order valence-electron chi connectivity index (χ0n) is 20.0. The van der Waals surface area contributed by atoms with Gasteiger partial charge in [-0.1, -0.05) is 17.3 Å². The Morgan fingerprint density at radius 2 is 2.06 bits per heavy atom. The van der Waals surface area contributed by atoms with Crippen LogP contribution in [0.4, 0.5) is 5.95 Å². The van der Waals surface area contributed by atoms with Crippen LogP contribution in [-0.4, -0.2) is 53.7 Å². The van der Waals surface area contributed by atoms with Crippen molar-refractivity contribution >= 4 is 11.9 Å². The molecule has 2 aromatic heterocycles. The molecule has 0 radical (unpaired) electrons. The molecule has 1 amide bonds. The number of anilines is 1. The van der Waals surface area contributed by atoms with Crippen molar-refractivity contribution in [3.05, 3.63) is 53.0 Å². The number of amides is 1. The lowest BCUT2D eigenvalue weighted by Gasteiger charge is -2.36. The van der Waals surface area contributed by atoms with E-state index in [1.54, 1.807) is 13.3 Å². The Balaban J connectivity index is 1.68. The molecule has 1 fully saturated rings. The van der Waals surface area contributed by atoms with Crippen molar-refractivity contribution < 1.29 is 14.1 Å². The molecule has 0 unspecified atom stereocenters. The van der Waals surface area contributed by atoms with Crippen molar-refractivity contribution in [1.82, 2.24) is 20.0 Å². The van der Waals surface area contributed by atoms with E-state index in [0.717, 1.165) is 53.1 Å². The number of piperidine rings is 1. The van der Waals surface area contributed by atoms with Crippen LogP contribution in [-0.2, 0) is 11.2 Å². The molecule has 8 nitrogen and oxygen atoms in total. The van der Waals surface area contributed by atoms with Crippen LogP contribution in [0.3, 0.4) is 0 Å². The zero-order chi connectivity index (χ0) is 23.5. The molecule has 1 saturated heterocycles. The number of hydrogen-bond acceptors (Lipinski definition) is 7. The zero-order valence-corrected chi connectivity index (χ0v) is 20.0. The van der Waals surface area contributed by atoms with Gasteiger partial charge in [-0.2, -0.15) is 0 Å². The van der Waals surface area contributed by atoms with Crippen molar-refractivity contribution in [1.29, 1.82) is 0 Å². The fraction of sp³-hybridized carbons (Fsp3) is 0.440. The second-order valence-corrected chi connectivity index (χ2v) is 8.78. The molecule has 4 rings (SSSR count). The number of likely N-dealkylation sites (tertiary alicyclic amines) is 1. The van der Waals surface area contributed by atoms with E-state index in [1.165, 1.54) is 0 Å². The summed E-state index contributed by atoms with van der Waals surface area (Å²) < 4.78 is 10.9. The molecule has 0 aliphatic carbocycles. The monoisotopic (exact) mass is 449 g/mol. The summed E-state index contributed by atoms with van der Waals surface area (Å²) in [5.74, 6) is 2.14. The molecule has 0 N–H and O–H groups in total. The third kappa shape index (κ3) is 4.84. The largest absolute Gasteiger partial charge is 0.496 e. The number of aromatic nitrogens is 3. The Hall–Kier alpha value is -3.42. The van der Waals surface area contributed by atoms with Gasteiger partial charge in [0.25, 0.3) is 0 Å². The second kappa shape index (κ2) is 9.60. The average Bonchev–Trinajstić information content (AvgIpc) is 3.24. The molecule has 33 heavy (non-hydrogen) atoms. The molecule has 0 bridgehead atoms. The smallest absolute Gasteiger partial charge is 0.227 e. The van der Waals surface area contributed by atoms with Gasteiger partial charge in [-0.3, -0.25) is 4.79 Å². The van der Waals surface area contributed by atoms with E-state index in [9.17, 15) is 4.79 Å². The first-order chi connectivity index (χ1) is 15.9. The summed E-state index contributed by atoms with van der Waals surface area (Å²) in [6.07, 6.45) is 4.97. The fourth-order valence-electron chi connectivity index (χ4n) is 4.38. The molecule has 1 atom stereocenters. The first-order valence-corrected chi connectivity index (χ1v) is 11.3. The van der Waals surface area contributed by atoms with Crippen LogP contribution in [0, 0.1) is 13.8 Å². The summed E-state index contributed by atoms with van der Waals surface area (Å²) in [4.78, 5) is 26.7. The predicted octanol–water partition coefficient (Wildman–Crippen LogP) is 4.12. The summed E-state index contributed by atoms with van der Waals surface area (Å²) >= 11 is 0. The minimum atomic E-state index is -0.146. The van der Waals surface area contributed by atoms with Crippen LogP contribution >= 0.6 is 0 Å². The quantitative estimate of drug-likeness (QED) is 0.560. The highest BCUT2D eigenvalue weighted by molar-refractivity contribution is 5.80. The molecule has 8 heteroatoms. The van der Waals surface area contributed by atoms with E-state index >= 15 is 0 Å². The van der Waals surface area contributed by atoms with Crippen LogP contribution in [0.1, 0.15) is 47.8 Å². The van der Waals surface area contributed by atoms with E-state index in [2.05, 4.69) is 10.1 Å². The molecule has 3 aromatic rings. The Labute approximate surface area is 194 Å². The Morgan fingerprint density at radius 3 is 2.73 bits per heavy atom. The highest BCUT2D eigenvalue weighted by atomic mass is 16.5. The van der Waals surface area contributed by atoms with E-state index in [1.807, 2.05) is 62.0 Å². The van der Waals surface area contributed by atoms with Gasteiger partial charge in [0.05, 0.1) is 36.5 Å². The van der Waals surface area contributed by atoms with Gasteiger partial charge in [-0.05, 0) is 50.3 Å². The molecule has 0 spiro atoms. The molecule has 1 aliphatic rings. The summed E-state index contributed by atoms with van der Waals surface area (Å²) in [5, 5.41) is 4.04. The second-order valence-electron chi connectivity index (χ2n) is 8.78. The normalized spacial score (nSPS) is 16.0. The number of rotatable bonds is 6. The number of aryl methyl sites for hydroxylation is 2. The van der Waals surface area contributed by atoms with Gasteiger partial charge < -0.3 is 19.1 Å². The number of carbonyl (C=O) groups excluding carboxylic acids is 1. The minimum absolute atomic E-state index is 0.0917. The number of ether oxygens (including phenoxy) is 1. The van der Waals surface area contributed by atoms with Gasteiger partial charge >= 0.3 is 0 Å². The number of carbonyl (C=O) groups is 1. The first kappa shape index (κ1) is 22.8. The Morgan fingerprint density at radius 1 is 1.24 bits per heavy atom. The molecular weight excluding hydrogens is 418 g/mol. The van der Waals surface area contributed by atoms with Gasteiger partial charge in [0.1, 0.15) is 5.75 Å². The van der Waals surface area contributed by atoms with Crippen LogP contribution in [0.2, 0.25) is 0 Å². The van der Waals surface area contributed by atoms with Crippen LogP contribution < -0.4 is 9.64 Å². The lowest BCUT2D eigenvalue weighted by molar-refractivity contribution is -0.134. The molecule has 3 heterocycles. The Kier molecular flexibility index (Phi) is 6.62. The topological polar surface area (TPSA) is 84.6 Å². The maximum atomic E-state index is 13.5. The van der Waals surface area contributed by atoms with Gasteiger partial charge in [0, 0.05) is 32.9 Å². The highest BCUT2D eigenvalue weighted by Gasteiger charge is 2.32. The number of hydrogen-bond donors (Lipinski definition) is 0. The first-order valence-electron chi connectivity index (χ1n) is 11.3. The van der Waals surface area contributed by atoms with Crippen LogP contribution in [0.5, 0.6) is 5.75 Å². The van der Waals surface area contributed by atoms with E-state index in [-0.39, 0.29) is 11.9 Å². The molecule has 0 saturated carbocycles. The van der Waals surface area contributed by atoms with Crippen molar-refractivity contribution in [2.75, 3.05) is 32.6 Å². The third-order valence-electron chi connectivity index (χ3n) is 6.05. The van der Waals surface area contributed by atoms with Crippen molar-refractivity contribution in [2.45, 2.75) is 45.6 Å². The Bertz CT molecular complexity index is 1140.